The number of hydrogen-bond acceptors (Lipinski definition) is 5. The van der Waals surface area contributed by atoms with Gasteiger partial charge in [-0.25, -0.2) is 14.5 Å². The Hall–Kier alpha value is -2.80. The lowest BCUT2D eigenvalue weighted by molar-refractivity contribution is 0.279. The maximum absolute atomic E-state index is 13.7. The van der Waals surface area contributed by atoms with E-state index in [0.29, 0.717) is 34.6 Å². The van der Waals surface area contributed by atoms with Gasteiger partial charge in [-0.3, -0.25) is 0 Å². The molecule has 0 fully saturated rings. The zero-order chi connectivity index (χ0) is 17.6. The van der Waals surface area contributed by atoms with Crippen molar-refractivity contribution in [3.05, 3.63) is 64.7 Å². The third kappa shape index (κ3) is 4.19. The Morgan fingerprint density at radius 1 is 1.20 bits per heavy atom. The van der Waals surface area contributed by atoms with Gasteiger partial charge in [0.1, 0.15) is 18.8 Å². The van der Waals surface area contributed by atoms with Crippen LogP contribution in [-0.4, -0.2) is 22.3 Å². The Morgan fingerprint density at radius 3 is 2.76 bits per heavy atom. The van der Waals surface area contributed by atoms with E-state index in [9.17, 15) is 4.39 Å². The summed E-state index contributed by atoms with van der Waals surface area (Å²) in [5, 5.41) is 10.0. The molecule has 8 heteroatoms. The topological polar surface area (TPSA) is 72.1 Å². The predicted octanol–water partition coefficient (Wildman–Crippen LogP) is 3.80. The number of benzene rings is 2. The van der Waals surface area contributed by atoms with Gasteiger partial charge in [0.15, 0.2) is 11.5 Å². The van der Waals surface area contributed by atoms with E-state index in [0.717, 1.165) is 5.56 Å². The van der Waals surface area contributed by atoms with E-state index in [1.54, 1.807) is 30.3 Å². The molecule has 1 heterocycles. The molecule has 0 aliphatic rings. The van der Waals surface area contributed by atoms with Crippen LogP contribution in [0.2, 0.25) is 5.02 Å². The monoisotopic (exact) mass is 362 g/mol. The number of nitrogens with one attached hydrogen (secondary N) is 2. The van der Waals surface area contributed by atoms with Crippen molar-refractivity contribution in [2.24, 2.45) is 0 Å². The predicted molar refractivity (Wildman–Crippen MR) is 92.4 cm³/mol. The van der Waals surface area contributed by atoms with Crippen LogP contribution in [0.15, 0.2) is 42.7 Å². The van der Waals surface area contributed by atoms with Gasteiger partial charge in [0.25, 0.3) is 0 Å². The van der Waals surface area contributed by atoms with Gasteiger partial charge in [0, 0.05) is 23.2 Å². The molecule has 2 N–H and O–H groups in total. The molecule has 6 nitrogen and oxygen atoms in total. The van der Waals surface area contributed by atoms with E-state index in [-0.39, 0.29) is 12.4 Å². The molecule has 25 heavy (non-hydrogen) atoms. The molecule has 0 atom stereocenters. The highest BCUT2D eigenvalue weighted by molar-refractivity contribution is 6.31. The molecule has 0 amide bonds. The second-order valence-electron chi connectivity index (χ2n) is 5.16. The summed E-state index contributed by atoms with van der Waals surface area (Å²) in [4.78, 5) is 3.98. The smallest absolute Gasteiger partial charge is 0.218 e. The number of hydrogen-bond donors (Lipinski definition) is 2. The van der Waals surface area contributed by atoms with Crippen molar-refractivity contribution in [3.8, 4) is 11.5 Å². The van der Waals surface area contributed by atoms with E-state index in [1.165, 1.54) is 19.5 Å². The minimum absolute atomic E-state index is 0.0784. The van der Waals surface area contributed by atoms with Gasteiger partial charge in [0.05, 0.1) is 7.11 Å². The number of nitrogens with zero attached hydrogens (tertiary/aromatic N) is 2. The standard InChI is InChI=1S/C17H16ClFN4O2/c1-24-15-6-12(8-20-17-21-10-22-23-17)13(18)7-16(15)25-9-11-4-2-3-5-14(11)19/h2-7,10H,8-9H2,1H3,(H2,20,21,22,23). The number of ether oxygens (including phenoxy) is 2. The van der Waals surface area contributed by atoms with E-state index < -0.39 is 0 Å². The number of aromatic nitrogens is 3. The maximum atomic E-state index is 13.7. The highest BCUT2D eigenvalue weighted by atomic mass is 35.5. The SMILES string of the molecule is COc1cc(CNc2ncn[nH]2)c(Cl)cc1OCc1ccccc1F. The Labute approximate surface area is 149 Å². The third-order valence-electron chi connectivity index (χ3n) is 3.53. The Kier molecular flexibility index (Phi) is 5.35. The fourth-order valence-corrected chi connectivity index (χ4v) is 2.45. The van der Waals surface area contributed by atoms with Crippen LogP contribution in [0.4, 0.5) is 10.3 Å². The highest BCUT2D eigenvalue weighted by Gasteiger charge is 2.12. The number of halogens is 2. The average Bonchev–Trinajstić information content (AvgIpc) is 3.13. The molecule has 0 saturated heterocycles. The van der Waals surface area contributed by atoms with Crippen molar-refractivity contribution < 1.29 is 13.9 Å². The first-order chi connectivity index (χ1) is 12.2. The van der Waals surface area contributed by atoms with Crippen LogP contribution < -0.4 is 14.8 Å². The summed E-state index contributed by atoms with van der Waals surface area (Å²) in [6, 6.07) is 9.86. The van der Waals surface area contributed by atoms with Gasteiger partial charge in [-0.05, 0) is 17.7 Å². The fourth-order valence-electron chi connectivity index (χ4n) is 2.23. The highest BCUT2D eigenvalue weighted by Crippen LogP contribution is 2.34. The first kappa shape index (κ1) is 17.0. The first-order valence-corrected chi connectivity index (χ1v) is 7.87. The van der Waals surface area contributed by atoms with Crippen molar-refractivity contribution >= 4 is 17.5 Å². The Bertz CT molecular complexity index is 843. The summed E-state index contributed by atoms with van der Waals surface area (Å²) < 4.78 is 24.7. The molecule has 0 spiro atoms. The third-order valence-corrected chi connectivity index (χ3v) is 3.89. The zero-order valence-corrected chi connectivity index (χ0v) is 14.2. The zero-order valence-electron chi connectivity index (χ0n) is 13.4. The summed E-state index contributed by atoms with van der Waals surface area (Å²) in [7, 11) is 1.53. The molecule has 0 aliphatic heterocycles. The lowest BCUT2D eigenvalue weighted by Gasteiger charge is -2.14. The van der Waals surface area contributed by atoms with Crippen LogP contribution in [0.25, 0.3) is 0 Å². The van der Waals surface area contributed by atoms with E-state index in [4.69, 9.17) is 21.1 Å². The van der Waals surface area contributed by atoms with Gasteiger partial charge in [-0.2, -0.15) is 5.10 Å². The van der Waals surface area contributed by atoms with Crippen LogP contribution in [0.5, 0.6) is 11.5 Å². The van der Waals surface area contributed by atoms with Crippen molar-refractivity contribution in [2.45, 2.75) is 13.2 Å². The lowest BCUT2D eigenvalue weighted by atomic mass is 10.2. The molecule has 0 bridgehead atoms. The average molecular weight is 363 g/mol. The molecule has 0 radical (unpaired) electrons. The minimum Gasteiger partial charge on any atom is -0.493 e. The normalized spacial score (nSPS) is 10.5. The van der Waals surface area contributed by atoms with Crippen LogP contribution >= 0.6 is 11.6 Å². The van der Waals surface area contributed by atoms with Gasteiger partial charge in [-0.15, -0.1) is 0 Å². The van der Waals surface area contributed by atoms with E-state index >= 15 is 0 Å². The van der Waals surface area contributed by atoms with Crippen LogP contribution in [0.3, 0.4) is 0 Å². The molecule has 1 aromatic heterocycles. The number of rotatable bonds is 7. The van der Waals surface area contributed by atoms with Gasteiger partial charge in [-0.1, -0.05) is 29.8 Å². The second kappa shape index (κ2) is 7.85. The van der Waals surface area contributed by atoms with E-state index in [2.05, 4.69) is 20.5 Å². The number of anilines is 1. The molecular weight excluding hydrogens is 347 g/mol. The maximum Gasteiger partial charge on any atom is 0.218 e. The molecule has 3 aromatic rings. The fraction of sp³-hybridized carbons (Fsp3) is 0.176. The molecule has 2 aromatic carbocycles. The van der Waals surface area contributed by atoms with Crippen LogP contribution in [0.1, 0.15) is 11.1 Å². The quantitative estimate of drug-likeness (QED) is 0.669. The summed E-state index contributed by atoms with van der Waals surface area (Å²) in [6.07, 6.45) is 1.41. The van der Waals surface area contributed by atoms with Crippen molar-refractivity contribution in [3.63, 3.8) is 0 Å². The summed E-state index contributed by atoms with van der Waals surface area (Å²) in [5.41, 5.74) is 1.25. The molecule has 0 saturated carbocycles. The molecule has 0 unspecified atom stereocenters. The van der Waals surface area contributed by atoms with Gasteiger partial charge < -0.3 is 14.8 Å². The molecule has 130 valence electrons. The Morgan fingerprint density at radius 2 is 2.04 bits per heavy atom. The first-order valence-electron chi connectivity index (χ1n) is 7.49. The van der Waals surface area contributed by atoms with Crippen molar-refractivity contribution in [1.29, 1.82) is 0 Å². The van der Waals surface area contributed by atoms with Crippen molar-refractivity contribution in [2.75, 3.05) is 12.4 Å². The Balaban J connectivity index is 1.73. The van der Waals surface area contributed by atoms with Crippen LogP contribution in [0, 0.1) is 5.82 Å². The van der Waals surface area contributed by atoms with E-state index in [1.807, 2.05) is 0 Å². The summed E-state index contributed by atoms with van der Waals surface area (Å²) >= 11 is 6.32. The van der Waals surface area contributed by atoms with Crippen LogP contribution in [-0.2, 0) is 13.2 Å². The number of aromatic amines is 1. The van der Waals surface area contributed by atoms with Gasteiger partial charge >= 0.3 is 0 Å². The molecule has 3 rings (SSSR count). The van der Waals surface area contributed by atoms with Crippen molar-refractivity contribution in [1.82, 2.24) is 15.2 Å². The lowest BCUT2D eigenvalue weighted by Crippen LogP contribution is -2.04. The molecule has 0 aliphatic carbocycles. The summed E-state index contributed by atoms with van der Waals surface area (Å²) in [5.74, 6) is 1.17. The summed E-state index contributed by atoms with van der Waals surface area (Å²) in [6.45, 7) is 0.507. The number of H-pyrrole nitrogens is 1. The number of methoxy groups -OCH3 is 1. The minimum atomic E-state index is -0.319. The largest absolute Gasteiger partial charge is 0.493 e. The molecular formula is C17H16ClFN4O2. The second-order valence-corrected chi connectivity index (χ2v) is 5.57. The van der Waals surface area contributed by atoms with Gasteiger partial charge in [0.2, 0.25) is 5.95 Å².